The van der Waals surface area contributed by atoms with Crippen LogP contribution in [0.3, 0.4) is 0 Å². The van der Waals surface area contributed by atoms with Crippen molar-refractivity contribution in [3.8, 4) is 0 Å². The first kappa shape index (κ1) is 18.6. The molecule has 0 bridgehead atoms. The molecule has 0 aliphatic rings. The largest absolute Gasteiger partial charge is 0.469 e. The second-order valence-corrected chi connectivity index (χ2v) is 5.15. The minimum Gasteiger partial charge on any atom is -0.469 e. The monoisotopic (exact) mass is 286 g/mol. The molecule has 2 atom stereocenters. The van der Waals surface area contributed by atoms with E-state index in [1.54, 1.807) is 6.08 Å². The maximum Gasteiger partial charge on any atom is 0.308 e. The van der Waals surface area contributed by atoms with Gasteiger partial charge in [-0.25, -0.2) is 0 Å². The van der Waals surface area contributed by atoms with Crippen molar-refractivity contribution >= 4 is 11.9 Å². The first-order chi connectivity index (χ1) is 9.34. The number of methoxy groups -OCH3 is 1. The molecule has 0 radical (unpaired) electrons. The molecule has 0 saturated heterocycles. The smallest absolute Gasteiger partial charge is 0.308 e. The zero-order valence-corrected chi connectivity index (χ0v) is 12.9. The molecule has 0 fully saturated rings. The Labute approximate surface area is 121 Å². The van der Waals surface area contributed by atoms with Crippen molar-refractivity contribution < 1.29 is 23.8 Å². The maximum atomic E-state index is 11.3. The highest BCUT2D eigenvalue weighted by molar-refractivity contribution is 5.71. The molecule has 0 aromatic rings. The van der Waals surface area contributed by atoms with Gasteiger partial charge < -0.3 is 14.2 Å². The fourth-order valence-corrected chi connectivity index (χ4v) is 1.80. The van der Waals surface area contributed by atoms with Gasteiger partial charge in [0.05, 0.1) is 25.2 Å². The van der Waals surface area contributed by atoms with E-state index >= 15 is 0 Å². The molecule has 0 aliphatic heterocycles. The summed E-state index contributed by atoms with van der Waals surface area (Å²) in [5, 5.41) is 0. The summed E-state index contributed by atoms with van der Waals surface area (Å²) in [7, 11) is 1.39. The summed E-state index contributed by atoms with van der Waals surface area (Å²) in [6, 6.07) is 0. The number of hydrogen-bond acceptors (Lipinski definition) is 5. The molecule has 0 aromatic carbocycles. The molecule has 5 nitrogen and oxygen atoms in total. The standard InChI is InChI=1S/C15H26O5/c1-6-10-20-15(4,11-19-13(3)16)9-7-8-12(2)14(17)18-5/h6,12H,1,7-11H2,2-5H3/t12-,15+/m0/s1. The van der Waals surface area contributed by atoms with Crippen molar-refractivity contribution in [3.05, 3.63) is 12.7 Å². The van der Waals surface area contributed by atoms with Crippen molar-refractivity contribution in [3.63, 3.8) is 0 Å². The number of carbonyl (C=O) groups excluding carboxylic acids is 2. The van der Waals surface area contributed by atoms with Crippen LogP contribution in [0.2, 0.25) is 0 Å². The molecular weight excluding hydrogens is 260 g/mol. The van der Waals surface area contributed by atoms with E-state index in [2.05, 4.69) is 11.3 Å². The molecule has 0 aromatic heterocycles. The Morgan fingerprint density at radius 2 is 2.05 bits per heavy atom. The van der Waals surface area contributed by atoms with Crippen LogP contribution in [0.1, 0.15) is 40.0 Å². The van der Waals surface area contributed by atoms with Gasteiger partial charge in [-0.2, -0.15) is 0 Å². The van der Waals surface area contributed by atoms with E-state index in [9.17, 15) is 9.59 Å². The lowest BCUT2D eigenvalue weighted by Gasteiger charge is -2.29. The predicted octanol–water partition coefficient (Wildman–Crippen LogP) is 2.49. The molecule has 0 amide bonds. The summed E-state index contributed by atoms with van der Waals surface area (Å²) in [6.07, 6.45) is 3.84. The SMILES string of the molecule is C=CCO[C@](C)(CCC[C@H](C)C(=O)OC)COC(C)=O. The molecule has 0 unspecified atom stereocenters. The van der Waals surface area contributed by atoms with Crippen LogP contribution in [0.5, 0.6) is 0 Å². The first-order valence-electron chi connectivity index (χ1n) is 6.80. The van der Waals surface area contributed by atoms with Crippen molar-refractivity contribution in [2.24, 2.45) is 5.92 Å². The summed E-state index contributed by atoms with van der Waals surface area (Å²) in [5.74, 6) is -0.683. The summed E-state index contributed by atoms with van der Waals surface area (Å²) >= 11 is 0. The minimum absolute atomic E-state index is 0.141. The van der Waals surface area contributed by atoms with E-state index in [0.717, 1.165) is 6.42 Å². The third-order valence-electron chi connectivity index (χ3n) is 3.08. The van der Waals surface area contributed by atoms with Crippen LogP contribution in [0.4, 0.5) is 0 Å². The van der Waals surface area contributed by atoms with Crippen LogP contribution < -0.4 is 0 Å². The average Bonchev–Trinajstić information content (AvgIpc) is 2.42. The van der Waals surface area contributed by atoms with Gasteiger partial charge in [-0.05, 0) is 26.2 Å². The first-order valence-corrected chi connectivity index (χ1v) is 6.80. The summed E-state index contributed by atoms with van der Waals surface area (Å²) < 4.78 is 15.4. The molecule has 116 valence electrons. The lowest BCUT2D eigenvalue weighted by atomic mass is 9.95. The Balaban J connectivity index is 4.30. The van der Waals surface area contributed by atoms with Gasteiger partial charge in [0.15, 0.2) is 0 Å². The van der Waals surface area contributed by atoms with Crippen molar-refractivity contribution in [2.45, 2.75) is 45.6 Å². The van der Waals surface area contributed by atoms with E-state index < -0.39 is 5.60 Å². The molecule has 0 aliphatic carbocycles. The number of hydrogen-bond donors (Lipinski definition) is 0. The van der Waals surface area contributed by atoms with Gasteiger partial charge in [-0.3, -0.25) is 9.59 Å². The van der Waals surface area contributed by atoms with Crippen molar-refractivity contribution in [1.29, 1.82) is 0 Å². The lowest BCUT2D eigenvalue weighted by molar-refractivity contribution is -0.151. The van der Waals surface area contributed by atoms with Gasteiger partial charge in [0.25, 0.3) is 0 Å². The zero-order chi connectivity index (χ0) is 15.6. The van der Waals surface area contributed by atoms with E-state index in [1.165, 1.54) is 14.0 Å². The molecule has 20 heavy (non-hydrogen) atoms. The highest BCUT2D eigenvalue weighted by Crippen LogP contribution is 2.22. The van der Waals surface area contributed by atoms with Gasteiger partial charge in [0, 0.05) is 6.92 Å². The van der Waals surface area contributed by atoms with E-state index in [0.29, 0.717) is 19.4 Å². The maximum absolute atomic E-state index is 11.3. The molecule has 0 heterocycles. The highest BCUT2D eigenvalue weighted by Gasteiger charge is 2.27. The molecule has 0 spiro atoms. The number of rotatable bonds is 10. The molecule has 5 heteroatoms. The topological polar surface area (TPSA) is 61.8 Å². The molecular formula is C15H26O5. The summed E-state index contributed by atoms with van der Waals surface area (Å²) in [5.41, 5.74) is -0.560. The normalized spacial score (nSPS) is 15.0. The van der Waals surface area contributed by atoms with Gasteiger partial charge in [0.2, 0.25) is 0 Å². The number of esters is 2. The van der Waals surface area contributed by atoms with Gasteiger partial charge in [-0.15, -0.1) is 6.58 Å². The third-order valence-corrected chi connectivity index (χ3v) is 3.08. The van der Waals surface area contributed by atoms with Gasteiger partial charge in [0.1, 0.15) is 6.61 Å². The van der Waals surface area contributed by atoms with E-state index in [1.807, 2.05) is 13.8 Å². The van der Waals surface area contributed by atoms with Crippen LogP contribution in [-0.2, 0) is 23.8 Å². The average molecular weight is 286 g/mol. The van der Waals surface area contributed by atoms with Gasteiger partial charge >= 0.3 is 11.9 Å². The molecule has 0 rings (SSSR count). The second kappa shape index (κ2) is 9.53. The van der Waals surface area contributed by atoms with Crippen LogP contribution in [0.15, 0.2) is 12.7 Å². The highest BCUT2D eigenvalue weighted by atomic mass is 16.6. The summed E-state index contributed by atoms with van der Waals surface area (Å²) in [4.78, 5) is 22.2. The van der Waals surface area contributed by atoms with Crippen LogP contribution in [-0.4, -0.2) is 37.9 Å². The number of carbonyl (C=O) groups is 2. The molecule has 0 saturated carbocycles. The van der Waals surface area contributed by atoms with Crippen molar-refractivity contribution in [1.82, 2.24) is 0 Å². The Bertz CT molecular complexity index is 326. The second-order valence-electron chi connectivity index (χ2n) is 5.15. The Hall–Kier alpha value is -1.36. The Morgan fingerprint density at radius 3 is 2.55 bits per heavy atom. The fraction of sp³-hybridized carbons (Fsp3) is 0.733. The summed E-state index contributed by atoms with van der Waals surface area (Å²) in [6.45, 7) is 9.29. The van der Waals surface area contributed by atoms with E-state index in [4.69, 9.17) is 9.47 Å². The lowest BCUT2D eigenvalue weighted by Crippen LogP contribution is -2.35. The fourth-order valence-electron chi connectivity index (χ4n) is 1.80. The van der Waals surface area contributed by atoms with Crippen LogP contribution in [0.25, 0.3) is 0 Å². The third kappa shape index (κ3) is 7.94. The van der Waals surface area contributed by atoms with Crippen LogP contribution >= 0.6 is 0 Å². The Kier molecular flexibility index (Phi) is 8.88. The predicted molar refractivity (Wildman–Crippen MR) is 76.2 cm³/mol. The number of ether oxygens (including phenoxy) is 3. The van der Waals surface area contributed by atoms with E-state index in [-0.39, 0.29) is 24.5 Å². The van der Waals surface area contributed by atoms with Gasteiger partial charge in [-0.1, -0.05) is 13.0 Å². The minimum atomic E-state index is -0.560. The Morgan fingerprint density at radius 1 is 1.40 bits per heavy atom. The zero-order valence-electron chi connectivity index (χ0n) is 12.9. The molecule has 0 N–H and O–H groups in total. The van der Waals surface area contributed by atoms with Crippen molar-refractivity contribution in [2.75, 3.05) is 20.3 Å². The quantitative estimate of drug-likeness (QED) is 0.456. The van der Waals surface area contributed by atoms with Crippen LogP contribution in [0, 0.1) is 5.92 Å².